The second-order valence-electron chi connectivity index (χ2n) is 1.93. The Labute approximate surface area is 50.4 Å². The van der Waals surface area contributed by atoms with Crippen molar-refractivity contribution in [3.8, 4) is 0 Å². The van der Waals surface area contributed by atoms with Gasteiger partial charge in [0, 0.05) is 0 Å². The summed E-state index contributed by atoms with van der Waals surface area (Å²) < 4.78 is 0. The van der Waals surface area contributed by atoms with Gasteiger partial charge in [-0.25, -0.2) is 0 Å². The van der Waals surface area contributed by atoms with Crippen LogP contribution < -0.4 is 0 Å². The summed E-state index contributed by atoms with van der Waals surface area (Å²) in [5, 5.41) is 0. The molecule has 1 nitrogen and oxygen atoms in total. The van der Waals surface area contributed by atoms with Gasteiger partial charge in [0.1, 0.15) is 6.29 Å². The lowest BCUT2D eigenvalue weighted by molar-refractivity contribution is -0.104. The topological polar surface area (TPSA) is 17.1 Å². The maximum atomic E-state index is 10.0. The summed E-state index contributed by atoms with van der Waals surface area (Å²) >= 11 is 0. The van der Waals surface area contributed by atoms with Crippen LogP contribution in [0.5, 0.6) is 0 Å². The van der Waals surface area contributed by atoms with Gasteiger partial charge in [-0.05, 0) is 25.8 Å². The van der Waals surface area contributed by atoms with Gasteiger partial charge < -0.3 is 0 Å². The Morgan fingerprint density at radius 2 is 2.00 bits per heavy atom. The molecule has 0 atom stereocenters. The van der Waals surface area contributed by atoms with Crippen molar-refractivity contribution in [3.63, 3.8) is 0 Å². The fourth-order valence-corrected chi connectivity index (χ4v) is 0.379. The number of rotatable bonds is 2. The standard InChI is InChI=1S/C7H12O/c1-4-6(2)7(3)5-8/h5H,4H2,1-3H3/b7-6-. The van der Waals surface area contributed by atoms with Crippen LogP contribution in [0.1, 0.15) is 27.2 Å². The van der Waals surface area contributed by atoms with Crippen LogP contribution in [0.25, 0.3) is 0 Å². The summed E-state index contributed by atoms with van der Waals surface area (Å²) in [6.45, 7) is 5.86. The molecule has 0 heterocycles. The van der Waals surface area contributed by atoms with Gasteiger partial charge in [-0.1, -0.05) is 12.5 Å². The molecule has 0 aromatic rings. The minimum Gasteiger partial charge on any atom is -0.298 e. The van der Waals surface area contributed by atoms with Gasteiger partial charge in [0.05, 0.1) is 0 Å². The molecule has 0 aliphatic rings. The third-order valence-corrected chi connectivity index (χ3v) is 1.38. The first-order valence-corrected chi connectivity index (χ1v) is 2.84. The molecule has 0 rings (SSSR count). The van der Waals surface area contributed by atoms with Gasteiger partial charge in [0.25, 0.3) is 0 Å². The zero-order chi connectivity index (χ0) is 6.57. The third-order valence-electron chi connectivity index (χ3n) is 1.38. The van der Waals surface area contributed by atoms with E-state index in [1.165, 1.54) is 5.57 Å². The predicted octanol–water partition coefficient (Wildman–Crippen LogP) is 1.93. The van der Waals surface area contributed by atoms with Crippen molar-refractivity contribution in [2.24, 2.45) is 0 Å². The number of aldehydes is 1. The Hall–Kier alpha value is -0.590. The average molecular weight is 112 g/mol. The first-order valence-electron chi connectivity index (χ1n) is 2.84. The number of hydrogen-bond acceptors (Lipinski definition) is 1. The molecule has 0 radical (unpaired) electrons. The molecule has 0 saturated carbocycles. The smallest absolute Gasteiger partial charge is 0.145 e. The minimum absolute atomic E-state index is 0.868. The molecule has 0 bridgehead atoms. The highest BCUT2D eigenvalue weighted by Gasteiger charge is 1.88. The van der Waals surface area contributed by atoms with Crippen LogP contribution in [-0.2, 0) is 4.79 Å². The van der Waals surface area contributed by atoms with Gasteiger partial charge in [-0.3, -0.25) is 4.79 Å². The van der Waals surface area contributed by atoms with Crippen molar-refractivity contribution in [2.75, 3.05) is 0 Å². The van der Waals surface area contributed by atoms with E-state index in [-0.39, 0.29) is 0 Å². The highest BCUT2D eigenvalue weighted by atomic mass is 16.1. The molecular weight excluding hydrogens is 100 g/mol. The Bertz CT molecular complexity index is 112. The Morgan fingerprint density at radius 1 is 1.50 bits per heavy atom. The van der Waals surface area contributed by atoms with E-state index in [0.717, 1.165) is 18.3 Å². The summed E-state index contributed by atoms with van der Waals surface area (Å²) in [6.07, 6.45) is 1.88. The lowest BCUT2D eigenvalue weighted by Gasteiger charge is -1.93. The summed E-state index contributed by atoms with van der Waals surface area (Å²) in [4.78, 5) is 10.0. The van der Waals surface area contributed by atoms with Crippen LogP contribution in [0, 0.1) is 0 Å². The zero-order valence-corrected chi connectivity index (χ0v) is 5.69. The van der Waals surface area contributed by atoms with Gasteiger partial charge in [0.15, 0.2) is 0 Å². The molecule has 0 unspecified atom stereocenters. The molecule has 0 saturated heterocycles. The largest absolute Gasteiger partial charge is 0.298 e. The molecule has 0 aromatic heterocycles. The summed E-state index contributed by atoms with van der Waals surface area (Å²) in [6, 6.07) is 0. The van der Waals surface area contributed by atoms with E-state index >= 15 is 0 Å². The van der Waals surface area contributed by atoms with Crippen LogP contribution in [0.4, 0.5) is 0 Å². The fourth-order valence-electron chi connectivity index (χ4n) is 0.379. The number of carbonyl (C=O) groups excluding carboxylic acids is 1. The molecule has 0 fully saturated rings. The maximum Gasteiger partial charge on any atom is 0.145 e. The van der Waals surface area contributed by atoms with E-state index in [1.807, 2.05) is 20.8 Å². The first kappa shape index (κ1) is 7.41. The minimum atomic E-state index is 0.868. The normalized spacial score (nSPS) is 12.9. The SMILES string of the molecule is CC/C(C)=C(/C)C=O. The lowest BCUT2D eigenvalue weighted by atomic mass is 10.1. The quantitative estimate of drug-likeness (QED) is 0.394. The van der Waals surface area contributed by atoms with Gasteiger partial charge >= 0.3 is 0 Å². The van der Waals surface area contributed by atoms with Crippen molar-refractivity contribution < 1.29 is 4.79 Å². The van der Waals surface area contributed by atoms with Gasteiger partial charge in [0.2, 0.25) is 0 Å². The Kier molecular flexibility index (Phi) is 3.16. The van der Waals surface area contributed by atoms with Crippen molar-refractivity contribution >= 4 is 6.29 Å². The first-order chi connectivity index (χ1) is 3.72. The van der Waals surface area contributed by atoms with Crippen molar-refractivity contribution in [2.45, 2.75) is 27.2 Å². The molecule has 0 N–H and O–H groups in total. The highest BCUT2D eigenvalue weighted by molar-refractivity contribution is 5.73. The molecule has 0 aliphatic carbocycles. The van der Waals surface area contributed by atoms with E-state index in [2.05, 4.69) is 0 Å². The van der Waals surface area contributed by atoms with Crippen LogP contribution in [-0.4, -0.2) is 6.29 Å². The lowest BCUT2D eigenvalue weighted by Crippen LogP contribution is -1.81. The molecule has 0 spiro atoms. The molecule has 0 aromatic carbocycles. The Morgan fingerprint density at radius 3 is 2.12 bits per heavy atom. The average Bonchev–Trinajstić information content (AvgIpc) is 1.84. The molecule has 8 heavy (non-hydrogen) atoms. The number of allylic oxidation sites excluding steroid dienone is 2. The summed E-state index contributed by atoms with van der Waals surface area (Å²) in [7, 11) is 0. The number of carbonyl (C=O) groups is 1. The van der Waals surface area contributed by atoms with E-state index in [1.54, 1.807) is 0 Å². The van der Waals surface area contributed by atoms with Crippen LogP contribution in [0.2, 0.25) is 0 Å². The molecule has 0 amide bonds. The van der Waals surface area contributed by atoms with E-state index < -0.39 is 0 Å². The van der Waals surface area contributed by atoms with Crippen LogP contribution in [0.15, 0.2) is 11.1 Å². The van der Waals surface area contributed by atoms with Crippen molar-refractivity contribution in [3.05, 3.63) is 11.1 Å². The maximum absolute atomic E-state index is 10.0. The van der Waals surface area contributed by atoms with Gasteiger partial charge in [-0.15, -0.1) is 0 Å². The monoisotopic (exact) mass is 112 g/mol. The second-order valence-corrected chi connectivity index (χ2v) is 1.93. The fraction of sp³-hybridized carbons (Fsp3) is 0.571. The summed E-state index contributed by atoms with van der Waals surface area (Å²) in [5.74, 6) is 0. The van der Waals surface area contributed by atoms with Crippen LogP contribution in [0.3, 0.4) is 0 Å². The van der Waals surface area contributed by atoms with E-state index in [0.29, 0.717) is 0 Å². The molecular formula is C7H12O. The Balaban J connectivity index is 4.03. The molecule has 46 valence electrons. The summed E-state index contributed by atoms with van der Waals surface area (Å²) in [5.41, 5.74) is 2.05. The predicted molar refractivity (Wildman–Crippen MR) is 34.7 cm³/mol. The molecule has 0 aliphatic heterocycles. The highest BCUT2D eigenvalue weighted by Crippen LogP contribution is 2.02. The third kappa shape index (κ3) is 1.92. The zero-order valence-electron chi connectivity index (χ0n) is 5.69. The van der Waals surface area contributed by atoms with Crippen molar-refractivity contribution in [1.82, 2.24) is 0 Å². The van der Waals surface area contributed by atoms with Crippen LogP contribution >= 0.6 is 0 Å². The van der Waals surface area contributed by atoms with Crippen molar-refractivity contribution in [1.29, 1.82) is 0 Å². The van der Waals surface area contributed by atoms with E-state index in [9.17, 15) is 4.79 Å². The molecule has 1 heteroatoms. The number of hydrogen-bond donors (Lipinski definition) is 0. The second kappa shape index (κ2) is 3.42. The van der Waals surface area contributed by atoms with E-state index in [4.69, 9.17) is 0 Å². The van der Waals surface area contributed by atoms with Gasteiger partial charge in [-0.2, -0.15) is 0 Å².